The van der Waals surface area contributed by atoms with Gasteiger partial charge in [-0.3, -0.25) is 0 Å². The Kier molecular flexibility index (Phi) is 4.64. The van der Waals surface area contributed by atoms with Crippen LogP contribution >= 0.6 is 23.2 Å². The summed E-state index contributed by atoms with van der Waals surface area (Å²) < 4.78 is 0. The zero-order valence-electron chi connectivity index (χ0n) is 10.5. The third-order valence-corrected chi connectivity index (χ3v) is 3.69. The highest BCUT2D eigenvalue weighted by Crippen LogP contribution is 2.33. The van der Waals surface area contributed by atoms with Crippen molar-refractivity contribution in [2.75, 3.05) is 0 Å². The fourth-order valence-electron chi connectivity index (χ4n) is 2.01. The van der Waals surface area contributed by atoms with Crippen LogP contribution in [-0.4, -0.2) is 0 Å². The van der Waals surface area contributed by atoms with E-state index in [0.29, 0.717) is 27.6 Å². The molecule has 0 aliphatic carbocycles. The Hall–Kier alpha value is -2.00. The van der Waals surface area contributed by atoms with Gasteiger partial charge in [-0.15, -0.1) is 0 Å². The van der Waals surface area contributed by atoms with Gasteiger partial charge in [0.25, 0.3) is 0 Å². The summed E-state index contributed by atoms with van der Waals surface area (Å²) in [4.78, 5) is 0. The first-order valence-electron chi connectivity index (χ1n) is 5.98. The molecule has 4 heteroatoms. The Morgan fingerprint density at radius 1 is 0.950 bits per heavy atom. The van der Waals surface area contributed by atoms with Gasteiger partial charge >= 0.3 is 0 Å². The largest absolute Gasteiger partial charge is 0.198 e. The average molecular weight is 301 g/mol. The number of hydrogen-bond acceptors (Lipinski definition) is 2. The molecule has 2 aromatic rings. The van der Waals surface area contributed by atoms with Crippen molar-refractivity contribution in [3.05, 3.63) is 69.2 Å². The number of halogens is 2. The van der Waals surface area contributed by atoms with Crippen LogP contribution in [0.4, 0.5) is 0 Å². The monoisotopic (exact) mass is 300 g/mol. The summed E-state index contributed by atoms with van der Waals surface area (Å²) in [7, 11) is 0. The molecule has 98 valence electrons. The minimum Gasteiger partial charge on any atom is -0.198 e. The first-order chi connectivity index (χ1) is 9.65. The van der Waals surface area contributed by atoms with Crippen LogP contribution in [0, 0.1) is 22.7 Å². The zero-order valence-corrected chi connectivity index (χ0v) is 12.0. The van der Waals surface area contributed by atoms with Gasteiger partial charge in [-0.25, -0.2) is 0 Å². The van der Waals surface area contributed by atoms with Gasteiger partial charge in [-0.1, -0.05) is 41.4 Å². The van der Waals surface area contributed by atoms with Crippen molar-refractivity contribution in [1.29, 1.82) is 10.5 Å². The predicted octanol–water partition coefficient (Wildman–Crippen LogP) is 4.71. The van der Waals surface area contributed by atoms with Crippen LogP contribution in [0.25, 0.3) is 0 Å². The molecule has 2 rings (SSSR count). The smallest absolute Gasteiger partial charge is 0.0991 e. The highest BCUT2D eigenvalue weighted by molar-refractivity contribution is 6.36. The molecule has 0 aromatic heterocycles. The van der Waals surface area contributed by atoms with Crippen molar-refractivity contribution in [3.8, 4) is 12.1 Å². The summed E-state index contributed by atoms with van der Waals surface area (Å²) in [6.45, 7) is 0. The lowest BCUT2D eigenvalue weighted by Gasteiger charge is -2.13. The fourth-order valence-corrected chi connectivity index (χ4v) is 2.67. The number of hydrogen-bond donors (Lipinski definition) is 0. The van der Waals surface area contributed by atoms with Crippen LogP contribution in [0.5, 0.6) is 0 Å². The van der Waals surface area contributed by atoms with Crippen molar-refractivity contribution >= 4 is 23.2 Å². The minimum atomic E-state index is -0.413. The van der Waals surface area contributed by atoms with Crippen LogP contribution in [0.15, 0.2) is 42.5 Å². The van der Waals surface area contributed by atoms with Gasteiger partial charge in [0.1, 0.15) is 0 Å². The molecular formula is C16H10Cl2N2. The first kappa shape index (κ1) is 14.4. The quantitative estimate of drug-likeness (QED) is 0.824. The van der Waals surface area contributed by atoms with E-state index in [1.807, 2.05) is 12.1 Å². The Morgan fingerprint density at radius 2 is 1.55 bits per heavy atom. The second kappa shape index (κ2) is 6.44. The molecule has 0 aliphatic rings. The zero-order chi connectivity index (χ0) is 14.5. The lowest BCUT2D eigenvalue weighted by atomic mass is 9.93. The van der Waals surface area contributed by atoms with Crippen LogP contribution in [0.2, 0.25) is 10.0 Å². The van der Waals surface area contributed by atoms with E-state index in [1.54, 1.807) is 30.3 Å². The lowest BCUT2D eigenvalue weighted by Crippen LogP contribution is -2.02. The van der Waals surface area contributed by atoms with Gasteiger partial charge in [0.15, 0.2) is 0 Å². The number of rotatable bonds is 3. The van der Waals surface area contributed by atoms with Gasteiger partial charge in [0, 0.05) is 15.6 Å². The molecule has 2 nitrogen and oxygen atoms in total. The standard InChI is InChI=1S/C16H10Cl2N2/c17-14-2-1-3-15(18)16(14)13(10-20)8-11-4-6-12(9-19)7-5-11/h1-7,13H,8H2. The highest BCUT2D eigenvalue weighted by Gasteiger charge is 2.18. The minimum absolute atomic E-state index is 0.413. The van der Waals surface area contributed by atoms with Crippen molar-refractivity contribution < 1.29 is 0 Å². The molecular weight excluding hydrogens is 291 g/mol. The van der Waals surface area contributed by atoms with Crippen molar-refractivity contribution in [2.45, 2.75) is 12.3 Å². The summed E-state index contributed by atoms with van der Waals surface area (Å²) >= 11 is 12.3. The molecule has 20 heavy (non-hydrogen) atoms. The number of nitrogens with zero attached hydrogens (tertiary/aromatic N) is 2. The first-order valence-corrected chi connectivity index (χ1v) is 6.74. The van der Waals surface area contributed by atoms with Gasteiger partial charge < -0.3 is 0 Å². The van der Waals surface area contributed by atoms with Crippen LogP contribution < -0.4 is 0 Å². The molecule has 0 saturated carbocycles. The summed E-state index contributed by atoms with van der Waals surface area (Å²) in [6, 6.07) is 16.7. The van der Waals surface area contributed by atoms with E-state index < -0.39 is 5.92 Å². The third kappa shape index (κ3) is 3.11. The molecule has 0 heterocycles. The van der Waals surface area contributed by atoms with Crippen molar-refractivity contribution in [1.82, 2.24) is 0 Å². The Morgan fingerprint density at radius 3 is 2.05 bits per heavy atom. The second-order valence-corrected chi connectivity index (χ2v) is 5.14. The molecule has 1 unspecified atom stereocenters. The summed E-state index contributed by atoms with van der Waals surface area (Å²) in [5, 5.41) is 19.1. The fraction of sp³-hybridized carbons (Fsp3) is 0.125. The van der Waals surface area contributed by atoms with E-state index in [4.69, 9.17) is 28.5 Å². The Labute approximate surface area is 127 Å². The molecule has 0 saturated heterocycles. The van der Waals surface area contributed by atoms with Gasteiger partial charge in [-0.05, 0) is 36.2 Å². The number of benzene rings is 2. The molecule has 1 atom stereocenters. The van der Waals surface area contributed by atoms with E-state index in [9.17, 15) is 5.26 Å². The molecule has 0 fully saturated rings. The second-order valence-electron chi connectivity index (χ2n) is 4.33. The normalized spacial score (nSPS) is 11.4. The third-order valence-electron chi connectivity index (χ3n) is 3.03. The van der Waals surface area contributed by atoms with Crippen molar-refractivity contribution in [2.24, 2.45) is 0 Å². The van der Waals surface area contributed by atoms with E-state index in [2.05, 4.69) is 12.1 Å². The molecule has 2 aromatic carbocycles. The maximum Gasteiger partial charge on any atom is 0.0991 e. The summed E-state index contributed by atoms with van der Waals surface area (Å²) in [5.41, 5.74) is 2.22. The highest BCUT2D eigenvalue weighted by atomic mass is 35.5. The molecule has 0 amide bonds. The van der Waals surface area contributed by atoms with Crippen LogP contribution in [-0.2, 0) is 6.42 Å². The van der Waals surface area contributed by atoms with Crippen LogP contribution in [0.3, 0.4) is 0 Å². The maximum atomic E-state index is 9.37. The Balaban J connectivity index is 2.30. The Bertz CT molecular complexity index is 674. The predicted molar refractivity (Wildman–Crippen MR) is 79.7 cm³/mol. The van der Waals surface area contributed by atoms with Gasteiger partial charge in [0.05, 0.1) is 23.6 Å². The van der Waals surface area contributed by atoms with E-state index >= 15 is 0 Å². The van der Waals surface area contributed by atoms with Crippen LogP contribution in [0.1, 0.15) is 22.6 Å². The summed E-state index contributed by atoms with van der Waals surface area (Å²) in [6.07, 6.45) is 0.506. The summed E-state index contributed by atoms with van der Waals surface area (Å²) in [5.74, 6) is -0.413. The lowest BCUT2D eigenvalue weighted by molar-refractivity contribution is 0.849. The SMILES string of the molecule is N#Cc1ccc(CC(C#N)c2c(Cl)cccc2Cl)cc1. The van der Waals surface area contributed by atoms with E-state index in [0.717, 1.165) is 5.56 Å². The number of nitriles is 2. The molecule has 0 radical (unpaired) electrons. The molecule has 0 bridgehead atoms. The van der Waals surface area contributed by atoms with Gasteiger partial charge in [-0.2, -0.15) is 10.5 Å². The van der Waals surface area contributed by atoms with E-state index in [-0.39, 0.29) is 0 Å². The molecule has 0 aliphatic heterocycles. The maximum absolute atomic E-state index is 9.37. The molecule has 0 N–H and O–H groups in total. The topological polar surface area (TPSA) is 47.6 Å². The molecule has 0 spiro atoms. The van der Waals surface area contributed by atoms with Gasteiger partial charge in [0.2, 0.25) is 0 Å². The van der Waals surface area contributed by atoms with E-state index in [1.165, 1.54) is 0 Å². The van der Waals surface area contributed by atoms with Crippen molar-refractivity contribution in [3.63, 3.8) is 0 Å². The average Bonchev–Trinajstić information content (AvgIpc) is 2.46.